The van der Waals surface area contributed by atoms with Crippen molar-refractivity contribution in [1.29, 1.82) is 5.26 Å². The van der Waals surface area contributed by atoms with Gasteiger partial charge in [-0.2, -0.15) is 5.26 Å². The Balaban J connectivity index is 2.77. The first-order valence-electron chi connectivity index (χ1n) is 6.29. The molecule has 0 N–H and O–H groups in total. The second-order valence-corrected chi connectivity index (χ2v) is 4.63. The lowest BCUT2D eigenvalue weighted by atomic mass is 9.97. The molecule has 0 spiro atoms. The first-order chi connectivity index (χ1) is 9.08. The van der Waals surface area contributed by atoms with Crippen molar-refractivity contribution in [3.05, 3.63) is 57.5 Å². The molecule has 0 amide bonds. The van der Waals surface area contributed by atoms with E-state index in [2.05, 4.69) is 6.07 Å². The Morgan fingerprint density at radius 2 is 1.84 bits per heavy atom. The maximum Gasteiger partial charge on any atom is 0.269 e. The molecule has 0 atom stereocenters. The minimum absolute atomic E-state index is 0.217. The highest BCUT2D eigenvalue weighted by molar-refractivity contribution is 5.73. The van der Waals surface area contributed by atoms with Crippen LogP contribution in [0.25, 0.3) is 11.1 Å². The molecule has 0 radical (unpaired) electrons. The molecule has 0 aliphatic carbocycles. The summed E-state index contributed by atoms with van der Waals surface area (Å²) >= 11 is 0. The highest BCUT2D eigenvalue weighted by Gasteiger charge is 2.14. The summed E-state index contributed by atoms with van der Waals surface area (Å²) < 4.78 is 1.57. The van der Waals surface area contributed by atoms with Gasteiger partial charge in [0, 0.05) is 18.3 Å². The lowest BCUT2D eigenvalue weighted by molar-refractivity contribution is 0.721. The third kappa shape index (κ3) is 2.30. The predicted molar refractivity (Wildman–Crippen MR) is 76.0 cm³/mol. The third-order valence-corrected chi connectivity index (χ3v) is 3.26. The first-order valence-corrected chi connectivity index (χ1v) is 6.29. The summed E-state index contributed by atoms with van der Waals surface area (Å²) in [4.78, 5) is 12.2. The van der Waals surface area contributed by atoms with E-state index in [9.17, 15) is 10.1 Å². The van der Waals surface area contributed by atoms with Crippen molar-refractivity contribution in [3.8, 4) is 17.2 Å². The quantitative estimate of drug-likeness (QED) is 0.824. The molecular formula is C16H16N2O. The fraction of sp³-hybridized carbons (Fsp3) is 0.250. The van der Waals surface area contributed by atoms with Crippen LogP contribution in [0.1, 0.15) is 23.6 Å². The SMILES string of the molecule is CCn1cc(C)c(-c2ccc(C)cc2)c(C#N)c1=O. The molecule has 1 aromatic carbocycles. The molecule has 0 aliphatic rings. The molecule has 19 heavy (non-hydrogen) atoms. The zero-order valence-electron chi connectivity index (χ0n) is 11.4. The Bertz CT molecular complexity index is 703. The fourth-order valence-electron chi connectivity index (χ4n) is 2.24. The number of benzene rings is 1. The summed E-state index contributed by atoms with van der Waals surface area (Å²) in [6, 6.07) is 9.94. The molecule has 0 fully saturated rings. The molecule has 0 aliphatic heterocycles. The van der Waals surface area contributed by atoms with Crippen LogP contribution in [0.15, 0.2) is 35.3 Å². The second-order valence-electron chi connectivity index (χ2n) is 4.63. The lowest BCUT2D eigenvalue weighted by Crippen LogP contribution is -2.23. The summed E-state index contributed by atoms with van der Waals surface area (Å²) in [6.45, 7) is 6.41. The molecule has 1 heterocycles. The van der Waals surface area contributed by atoms with Crippen LogP contribution in [0.4, 0.5) is 0 Å². The van der Waals surface area contributed by atoms with Gasteiger partial charge in [0.05, 0.1) is 0 Å². The summed E-state index contributed by atoms with van der Waals surface area (Å²) in [5, 5.41) is 9.30. The van der Waals surface area contributed by atoms with Crippen LogP contribution < -0.4 is 5.56 Å². The molecule has 0 unspecified atom stereocenters. The van der Waals surface area contributed by atoms with Gasteiger partial charge in [-0.25, -0.2) is 0 Å². The van der Waals surface area contributed by atoms with Gasteiger partial charge in [0.25, 0.3) is 5.56 Å². The maximum absolute atomic E-state index is 12.2. The van der Waals surface area contributed by atoms with Crippen LogP contribution in [0.3, 0.4) is 0 Å². The summed E-state index contributed by atoms with van der Waals surface area (Å²) in [5.74, 6) is 0. The molecule has 3 heteroatoms. The van der Waals surface area contributed by atoms with E-state index in [-0.39, 0.29) is 11.1 Å². The predicted octanol–water partition coefficient (Wildman–Crippen LogP) is 3.02. The van der Waals surface area contributed by atoms with Gasteiger partial charge < -0.3 is 4.57 Å². The van der Waals surface area contributed by atoms with E-state index in [1.807, 2.05) is 51.2 Å². The maximum atomic E-state index is 12.2. The van der Waals surface area contributed by atoms with Crippen molar-refractivity contribution in [3.63, 3.8) is 0 Å². The molecule has 2 rings (SSSR count). The summed E-state index contributed by atoms with van der Waals surface area (Å²) in [6.07, 6.45) is 1.82. The minimum Gasteiger partial charge on any atom is -0.314 e. The number of aryl methyl sites for hydroxylation is 3. The average molecular weight is 252 g/mol. The number of hydrogen-bond donors (Lipinski definition) is 0. The van der Waals surface area contributed by atoms with Gasteiger partial charge >= 0.3 is 0 Å². The highest BCUT2D eigenvalue weighted by Crippen LogP contribution is 2.25. The van der Waals surface area contributed by atoms with Crippen molar-refractivity contribution in [1.82, 2.24) is 4.57 Å². The van der Waals surface area contributed by atoms with Gasteiger partial charge in [-0.1, -0.05) is 29.8 Å². The zero-order valence-corrected chi connectivity index (χ0v) is 11.4. The first kappa shape index (κ1) is 13.1. The number of pyridine rings is 1. The molecule has 0 saturated heterocycles. The van der Waals surface area contributed by atoms with Gasteiger partial charge in [0.15, 0.2) is 0 Å². The van der Waals surface area contributed by atoms with Crippen molar-refractivity contribution in [2.75, 3.05) is 0 Å². The van der Waals surface area contributed by atoms with E-state index in [1.165, 1.54) is 0 Å². The van der Waals surface area contributed by atoms with Gasteiger partial charge in [0.2, 0.25) is 0 Å². The summed E-state index contributed by atoms with van der Waals surface area (Å²) in [7, 11) is 0. The highest BCUT2D eigenvalue weighted by atomic mass is 16.1. The number of nitrogens with zero attached hydrogens (tertiary/aromatic N) is 2. The van der Waals surface area contributed by atoms with Crippen LogP contribution in [-0.2, 0) is 6.54 Å². The van der Waals surface area contributed by atoms with Gasteiger partial charge in [-0.05, 0) is 31.9 Å². The molecule has 1 aromatic heterocycles. The normalized spacial score (nSPS) is 10.2. The molecule has 96 valence electrons. The van der Waals surface area contributed by atoms with E-state index in [0.717, 1.165) is 22.3 Å². The van der Waals surface area contributed by atoms with E-state index < -0.39 is 0 Å². The van der Waals surface area contributed by atoms with Crippen LogP contribution in [0, 0.1) is 25.2 Å². The number of rotatable bonds is 2. The van der Waals surface area contributed by atoms with Crippen molar-refractivity contribution in [2.24, 2.45) is 0 Å². The van der Waals surface area contributed by atoms with E-state index in [0.29, 0.717) is 6.54 Å². The Labute approximate surface area is 112 Å². The second kappa shape index (κ2) is 5.11. The van der Waals surface area contributed by atoms with E-state index in [1.54, 1.807) is 4.57 Å². The standard InChI is InChI=1S/C16H16N2O/c1-4-18-10-12(3)15(14(9-17)16(18)19)13-7-5-11(2)6-8-13/h5-8,10H,4H2,1-3H3. The van der Waals surface area contributed by atoms with Gasteiger partial charge in [0.1, 0.15) is 11.6 Å². The largest absolute Gasteiger partial charge is 0.314 e. The van der Waals surface area contributed by atoms with Crippen molar-refractivity contribution in [2.45, 2.75) is 27.3 Å². The topological polar surface area (TPSA) is 45.8 Å². The Kier molecular flexibility index (Phi) is 3.52. The monoisotopic (exact) mass is 252 g/mol. The molecular weight excluding hydrogens is 236 g/mol. The number of hydrogen-bond acceptors (Lipinski definition) is 2. The smallest absolute Gasteiger partial charge is 0.269 e. The average Bonchev–Trinajstić information content (AvgIpc) is 2.41. The Morgan fingerprint density at radius 3 is 2.37 bits per heavy atom. The molecule has 3 nitrogen and oxygen atoms in total. The number of aromatic nitrogens is 1. The van der Waals surface area contributed by atoms with Gasteiger partial charge in [-0.3, -0.25) is 4.79 Å². The molecule has 2 aromatic rings. The van der Waals surface area contributed by atoms with Crippen LogP contribution in [-0.4, -0.2) is 4.57 Å². The van der Waals surface area contributed by atoms with Crippen LogP contribution in [0.2, 0.25) is 0 Å². The zero-order chi connectivity index (χ0) is 14.0. The van der Waals surface area contributed by atoms with Gasteiger partial charge in [-0.15, -0.1) is 0 Å². The molecule has 0 bridgehead atoms. The Morgan fingerprint density at radius 1 is 1.21 bits per heavy atom. The summed E-state index contributed by atoms with van der Waals surface area (Å²) in [5.41, 5.74) is 3.78. The third-order valence-electron chi connectivity index (χ3n) is 3.26. The fourth-order valence-corrected chi connectivity index (χ4v) is 2.24. The van der Waals surface area contributed by atoms with Crippen LogP contribution >= 0.6 is 0 Å². The van der Waals surface area contributed by atoms with E-state index in [4.69, 9.17) is 0 Å². The van der Waals surface area contributed by atoms with E-state index >= 15 is 0 Å². The van der Waals surface area contributed by atoms with Crippen molar-refractivity contribution < 1.29 is 0 Å². The lowest BCUT2D eigenvalue weighted by Gasteiger charge is -2.12. The van der Waals surface area contributed by atoms with Crippen LogP contribution in [0.5, 0.6) is 0 Å². The Hall–Kier alpha value is -2.34. The number of nitriles is 1. The van der Waals surface area contributed by atoms with Crippen molar-refractivity contribution >= 4 is 0 Å². The molecule has 0 saturated carbocycles. The minimum atomic E-state index is -0.217.